The summed E-state index contributed by atoms with van der Waals surface area (Å²) in [6.45, 7) is 0. The Morgan fingerprint density at radius 3 is 1.07 bits per heavy atom. The van der Waals surface area contributed by atoms with Crippen LogP contribution in [0.15, 0.2) is 72.9 Å². The topological polar surface area (TPSA) is 90.0 Å². The van der Waals surface area contributed by atoms with Crippen molar-refractivity contribution in [1.29, 1.82) is 0 Å². The van der Waals surface area contributed by atoms with Gasteiger partial charge in [-0.3, -0.25) is 10.1 Å². The van der Waals surface area contributed by atoms with Crippen LogP contribution in [-0.2, 0) is 39.0 Å². The Morgan fingerprint density at radius 2 is 0.867 bits per heavy atom. The summed E-state index contributed by atoms with van der Waals surface area (Å²) in [5.74, 6) is 0. The van der Waals surface area contributed by atoms with Crippen molar-refractivity contribution in [3.63, 3.8) is 0 Å². The van der Waals surface area contributed by atoms with Crippen LogP contribution in [0.25, 0.3) is 5.73 Å². The van der Waals surface area contributed by atoms with Gasteiger partial charge in [0.25, 0.3) is 5.69 Å². The van der Waals surface area contributed by atoms with Gasteiger partial charge < -0.3 is 10.8 Å². The average molecular weight is 590 g/mol. The normalized spacial score (nSPS) is 18.2. The van der Waals surface area contributed by atoms with Gasteiger partial charge in [-0.2, -0.15) is 7.11 Å². The first-order valence-electron chi connectivity index (χ1n) is 9.67. The van der Waals surface area contributed by atoms with Crippen molar-refractivity contribution in [2.75, 3.05) is 7.11 Å². The monoisotopic (exact) mass is 590 g/mol. The second-order valence-electron chi connectivity index (χ2n) is 6.00. The molecule has 2 radical (unpaired) electrons. The molecule has 0 bridgehead atoms. The molecule has 1 aromatic carbocycles. The van der Waals surface area contributed by atoms with Gasteiger partial charge in [0, 0.05) is 51.1 Å². The second-order valence-corrected chi connectivity index (χ2v) is 6.00. The molecule has 0 unspecified atom stereocenters. The molecule has 0 spiro atoms. The second kappa shape index (κ2) is 25.6. The number of nitro benzene ring substituents is 1. The largest absolute Gasteiger partial charge is 0.857 e. The Labute approximate surface area is 206 Å². The zero-order valence-corrected chi connectivity index (χ0v) is 20.7. The molecule has 2 aliphatic carbocycles. The molecule has 0 aliphatic heterocycles. The van der Waals surface area contributed by atoms with E-state index in [9.17, 15) is 10.1 Å². The van der Waals surface area contributed by atoms with Crippen LogP contribution in [0.2, 0.25) is 0 Å². The summed E-state index contributed by atoms with van der Waals surface area (Å²) in [6.07, 6.45) is 28.0. The molecule has 5 nitrogen and oxygen atoms in total. The van der Waals surface area contributed by atoms with E-state index in [0.29, 0.717) is 0 Å². The molecule has 0 saturated heterocycles. The fourth-order valence-electron chi connectivity index (χ4n) is 2.30. The van der Waals surface area contributed by atoms with E-state index < -0.39 is 4.92 Å². The average Bonchev–Trinajstić information content (AvgIpc) is 2.64. The van der Waals surface area contributed by atoms with Crippen LogP contribution < -0.4 is 5.11 Å². The summed E-state index contributed by atoms with van der Waals surface area (Å²) in [7, 11) is 0.750. The fraction of sp³-hybridized carbons (Fsp3) is 0.391. The van der Waals surface area contributed by atoms with Gasteiger partial charge in [0.15, 0.2) is 0 Å². The number of benzene rings is 1. The van der Waals surface area contributed by atoms with Gasteiger partial charge in [0.05, 0.1) is 4.92 Å². The quantitative estimate of drug-likeness (QED) is 0.160. The Hall–Kier alpha value is -1.41. The number of nitro groups is 1. The number of nitrogens with one attached hydrogen (secondary N) is 1. The van der Waals surface area contributed by atoms with Crippen molar-refractivity contribution in [3.8, 4) is 0 Å². The van der Waals surface area contributed by atoms with E-state index >= 15 is 0 Å². The number of rotatable bonds is 1. The van der Waals surface area contributed by atoms with E-state index in [0.717, 1.165) is 7.11 Å². The van der Waals surface area contributed by atoms with Crippen LogP contribution in [0.4, 0.5) is 11.4 Å². The van der Waals surface area contributed by atoms with Gasteiger partial charge in [-0.05, 0) is 51.4 Å². The summed E-state index contributed by atoms with van der Waals surface area (Å²) in [5.41, 5.74) is 7.32. The van der Waals surface area contributed by atoms with Crippen molar-refractivity contribution < 1.29 is 49.0 Å². The van der Waals surface area contributed by atoms with Crippen molar-refractivity contribution in [1.82, 2.24) is 0 Å². The van der Waals surface area contributed by atoms with E-state index in [2.05, 4.69) is 48.6 Å². The first kappa shape index (κ1) is 33.2. The molecule has 2 aliphatic rings. The Bertz CT molecular complexity index is 548. The van der Waals surface area contributed by atoms with Crippen LogP contribution >= 0.6 is 0 Å². The predicted octanol–water partition coefficient (Wildman–Crippen LogP) is 6.60. The third kappa shape index (κ3) is 21.3. The number of hydrogen-bond donors (Lipinski definition) is 0. The van der Waals surface area contributed by atoms with E-state index in [1.54, 1.807) is 0 Å². The van der Waals surface area contributed by atoms with Crippen LogP contribution in [0, 0.1) is 10.1 Å². The molecular formula is C23H32N2O3Rh2-2. The van der Waals surface area contributed by atoms with E-state index in [1.807, 2.05) is 0 Å². The Morgan fingerprint density at radius 1 is 0.633 bits per heavy atom. The summed E-state index contributed by atoms with van der Waals surface area (Å²) in [4.78, 5) is 9.57. The number of hydrogen-bond acceptors (Lipinski definition) is 3. The molecule has 30 heavy (non-hydrogen) atoms. The maximum absolute atomic E-state index is 10.1. The minimum Gasteiger partial charge on any atom is -0.857 e. The van der Waals surface area contributed by atoms with E-state index in [4.69, 9.17) is 10.8 Å². The van der Waals surface area contributed by atoms with Gasteiger partial charge in [-0.1, -0.05) is 60.7 Å². The first-order chi connectivity index (χ1) is 13.7. The minimum absolute atomic E-state index is 0. The zero-order chi connectivity index (χ0) is 20.9. The molecule has 172 valence electrons. The summed E-state index contributed by atoms with van der Waals surface area (Å²) in [5, 5.41) is 18.3. The zero-order valence-electron chi connectivity index (χ0n) is 17.4. The maximum Gasteiger partial charge on any atom is 0.269 e. The van der Waals surface area contributed by atoms with Crippen LogP contribution in [0.1, 0.15) is 51.4 Å². The molecule has 0 saturated carbocycles. The molecule has 0 amide bonds. The van der Waals surface area contributed by atoms with Gasteiger partial charge in [-0.25, -0.2) is 0 Å². The third-order valence-electron chi connectivity index (χ3n) is 3.74. The molecule has 3 rings (SSSR count). The van der Waals surface area contributed by atoms with Gasteiger partial charge in [-0.15, -0.1) is 5.69 Å². The molecule has 0 aromatic heterocycles. The molecule has 0 fully saturated rings. The van der Waals surface area contributed by atoms with Crippen LogP contribution in [-0.4, -0.2) is 12.0 Å². The smallest absolute Gasteiger partial charge is 0.269 e. The van der Waals surface area contributed by atoms with Crippen LogP contribution in [0.5, 0.6) is 0 Å². The molecular weight excluding hydrogens is 558 g/mol. The number of non-ortho nitro benzene ring substituents is 1. The summed E-state index contributed by atoms with van der Waals surface area (Å²) >= 11 is 0. The minimum atomic E-state index is -0.487. The standard InChI is InChI=1S/2C8H12.C6H5N2O2.CH3O.2Rh/c2*1-2-4-6-8-7-5-3-1;7-5-1-3-6(4-2-5)8(9)10;1-2;;/h2*1-2,7-8H,3-6H2;1-4,7H;1H3;;/q;;2*-1;;/b2*2-1-,8-7-;;;;. The van der Waals surface area contributed by atoms with Crippen LogP contribution in [0.3, 0.4) is 0 Å². The first-order valence-corrected chi connectivity index (χ1v) is 9.67. The molecule has 1 N–H and O–H groups in total. The number of allylic oxidation sites excluding steroid dienone is 8. The molecule has 1 aromatic rings. The summed E-state index contributed by atoms with van der Waals surface area (Å²) < 4.78 is 0. The van der Waals surface area contributed by atoms with E-state index in [1.165, 1.54) is 75.6 Å². The third-order valence-corrected chi connectivity index (χ3v) is 3.74. The molecule has 0 heterocycles. The van der Waals surface area contributed by atoms with Crippen molar-refractivity contribution >= 4 is 11.4 Å². The van der Waals surface area contributed by atoms with Gasteiger partial charge in [0.1, 0.15) is 0 Å². The van der Waals surface area contributed by atoms with Crippen molar-refractivity contribution in [2.45, 2.75) is 51.4 Å². The molecule has 0 atom stereocenters. The van der Waals surface area contributed by atoms with E-state index in [-0.39, 0.29) is 50.3 Å². The summed E-state index contributed by atoms with van der Waals surface area (Å²) in [6, 6.07) is 5.39. The Balaban J connectivity index is -0.000000341. The SMILES string of the molecule is C1=C\CC/C=C\CC/1.C1=C\CC/C=C\CC/1.C[O-].[NH-]c1ccc([N+](=O)[O-])cc1.[Rh].[Rh]. The fourth-order valence-corrected chi connectivity index (χ4v) is 2.30. The Kier molecular flexibility index (Phi) is 28.4. The van der Waals surface area contributed by atoms with Crippen molar-refractivity contribution in [2.24, 2.45) is 0 Å². The van der Waals surface area contributed by atoms with Gasteiger partial charge in [0.2, 0.25) is 0 Å². The van der Waals surface area contributed by atoms with Crippen molar-refractivity contribution in [3.05, 3.63) is 88.7 Å². The van der Waals surface area contributed by atoms with Gasteiger partial charge >= 0.3 is 0 Å². The maximum atomic E-state index is 10.1. The predicted molar refractivity (Wildman–Crippen MR) is 116 cm³/mol. The number of nitrogens with zero attached hydrogens (tertiary/aromatic N) is 1. The molecule has 7 heteroatoms.